The summed E-state index contributed by atoms with van der Waals surface area (Å²) in [5.74, 6) is 2.96. The molecular weight excluding hydrogens is 284 g/mol. The lowest BCUT2D eigenvalue weighted by Crippen LogP contribution is -2.26. The molecule has 4 nitrogen and oxygen atoms in total. The quantitative estimate of drug-likeness (QED) is 0.793. The van der Waals surface area contributed by atoms with Gasteiger partial charge in [-0.05, 0) is 44.9 Å². The third-order valence-corrected chi connectivity index (χ3v) is 5.19. The summed E-state index contributed by atoms with van der Waals surface area (Å²) in [5.41, 5.74) is 3.20. The summed E-state index contributed by atoms with van der Waals surface area (Å²) in [7, 11) is 0. The first kappa shape index (κ1) is 14.9. The fraction of sp³-hybridized carbons (Fsp3) is 0.750. The van der Waals surface area contributed by atoms with Crippen molar-refractivity contribution in [1.29, 1.82) is 0 Å². The molecule has 0 saturated heterocycles. The molecule has 2 aromatic rings. The van der Waals surface area contributed by atoms with Gasteiger partial charge in [0, 0.05) is 12.6 Å². The largest absolute Gasteiger partial charge is 0.308 e. The minimum absolute atomic E-state index is 0.469. The van der Waals surface area contributed by atoms with Crippen LogP contribution >= 0.6 is 11.6 Å². The zero-order valence-corrected chi connectivity index (χ0v) is 14.2. The molecule has 2 heterocycles. The predicted molar refractivity (Wildman–Crippen MR) is 86.7 cm³/mol. The van der Waals surface area contributed by atoms with Gasteiger partial charge in [-0.25, -0.2) is 9.67 Å². The van der Waals surface area contributed by atoms with E-state index >= 15 is 0 Å². The molecule has 5 heteroatoms. The van der Waals surface area contributed by atoms with Gasteiger partial charge in [0.25, 0.3) is 0 Å². The monoisotopic (exact) mass is 308 g/mol. The van der Waals surface area contributed by atoms with Crippen molar-refractivity contribution in [2.75, 3.05) is 0 Å². The molecule has 0 amide bonds. The summed E-state index contributed by atoms with van der Waals surface area (Å²) in [4.78, 5) is 4.78. The average Bonchev–Trinajstić information content (AvgIpc) is 2.97. The van der Waals surface area contributed by atoms with E-state index < -0.39 is 0 Å². The highest BCUT2D eigenvalue weighted by Gasteiger charge is 2.31. The summed E-state index contributed by atoms with van der Waals surface area (Å²) in [6, 6.07) is 0.501. The molecule has 1 fully saturated rings. The lowest BCUT2D eigenvalue weighted by molar-refractivity contribution is 0.207. The van der Waals surface area contributed by atoms with E-state index in [0.717, 1.165) is 35.1 Å². The molecule has 0 radical (unpaired) electrons. The van der Waals surface area contributed by atoms with Crippen LogP contribution in [0.3, 0.4) is 0 Å². The van der Waals surface area contributed by atoms with Crippen molar-refractivity contribution in [3.63, 3.8) is 0 Å². The van der Waals surface area contributed by atoms with E-state index in [-0.39, 0.29) is 0 Å². The summed E-state index contributed by atoms with van der Waals surface area (Å²) < 4.78 is 4.47. The van der Waals surface area contributed by atoms with E-state index in [1.54, 1.807) is 0 Å². The zero-order valence-electron chi connectivity index (χ0n) is 13.4. The number of hydrogen-bond donors (Lipinski definition) is 0. The number of aromatic nitrogens is 4. The molecule has 2 aromatic heterocycles. The maximum atomic E-state index is 6.19. The fourth-order valence-electron chi connectivity index (χ4n) is 3.93. The van der Waals surface area contributed by atoms with Crippen molar-refractivity contribution in [2.45, 2.75) is 65.4 Å². The van der Waals surface area contributed by atoms with Crippen molar-refractivity contribution in [3.05, 3.63) is 11.5 Å². The van der Waals surface area contributed by atoms with Crippen molar-refractivity contribution in [3.8, 4) is 0 Å². The Morgan fingerprint density at radius 2 is 2.05 bits per heavy atom. The van der Waals surface area contributed by atoms with E-state index in [2.05, 4.69) is 35.1 Å². The minimum Gasteiger partial charge on any atom is -0.308 e. The smallest absolute Gasteiger partial charge is 0.159 e. The molecule has 3 atom stereocenters. The molecule has 116 valence electrons. The Bertz CT molecular complexity index is 642. The second kappa shape index (κ2) is 5.64. The summed E-state index contributed by atoms with van der Waals surface area (Å²) in [5, 5.41) is 4.63. The Balaban J connectivity index is 2.15. The van der Waals surface area contributed by atoms with Crippen LogP contribution in [0.15, 0.2) is 0 Å². The van der Waals surface area contributed by atoms with E-state index in [9.17, 15) is 0 Å². The van der Waals surface area contributed by atoms with Gasteiger partial charge < -0.3 is 4.57 Å². The highest BCUT2D eigenvalue weighted by atomic mass is 35.5. The molecule has 0 N–H and O–H groups in total. The Hall–Kier alpha value is -1.03. The lowest BCUT2D eigenvalue weighted by Gasteiger charge is -2.34. The van der Waals surface area contributed by atoms with Crippen molar-refractivity contribution in [2.24, 2.45) is 11.8 Å². The van der Waals surface area contributed by atoms with Gasteiger partial charge in [0.2, 0.25) is 0 Å². The van der Waals surface area contributed by atoms with Crippen LogP contribution in [0.4, 0.5) is 0 Å². The first-order valence-corrected chi connectivity index (χ1v) is 8.60. The number of halogens is 1. The molecule has 0 aromatic carbocycles. The molecule has 1 aliphatic carbocycles. The van der Waals surface area contributed by atoms with Crippen molar-refractivity contribution < 1.29 is 0 Å². The zero-order chi connectivity index (χ0) is 15.1. The molecule has 21 heavy (non-hydrogen) atoms. The van der Waals surface area contributed by atoms with Crippen LogP contribution in [-0.4, -0.2) is 19.3 Å². The maximum absolute atomic E-state index is 6.19. The molecule has 0 aliphatic heterocycles. The van der Waals surface area contributed by atoms with E-state index in [1.165, 1.54) is 19.3 Å². The number of hydrogen-bond acceptors (Lipinski definition) is 2. The van der Waals surface area contributed by atoms with Gasteiger partial charge in [0.1, 0.15) is 11.3 Å². The topological polar surface area (TPSA) is 35.6 Å². The number of rotatable bonds is 3. The SMILES string of the molecule is CCn1nc(C)c2nc(CCl)n(C3CCC(C)CC3C)c21. The Morgan fingerprint density at radius 1 is 1.29 bits per heavy atom. The Labute approximate surface area is 131 Å². The normalized spacial score (nSPS) is 26.6. The third-order valence-electron chi connectivity index (χ3n) is 4.95. The highest BCUT2D eigenvalue weighted by Crippen LogP contribution is 2.39. The number of nitrogens with zero attached hydrogens (tertiary/aromatic N) is 4. The minimum atomic E-state index is 0.469. The van der Waals surface area contributed by atoms with Gasteiger partial charge in [-0.15, -0.1) is 11.6 Å². The molecule has 1 aliphatic rings. The Morgan fingerprint density at radius 3 is 2.67 bits per heavy atom. The van der Waals surface area contributed by atoms with Gasteiger partial charge in [-0.1, -0.05) is 13.8 Å². The summed E-state index contributed by atoms with van der Waals surface area (Å²) >= 11 is 6.19. The van der Waals surface area contributed by atoms with Gasteiger partial charge in [0.05, 0.1) is 11.6 Å². The second-order valence-electron chi connectivity index (χ2n) is 6.57. The standard InChI is InChI=1S/C16H25ClN4/c1-5-20-16-15(12(4)19-20)18-14(9-17)21(16)13-7-6-10(2)8-11(13)3/h10-11,13H,5-9H2,1-4H3. The number of aryl methyl sites for hydroxylation is 2. The van der Waals surface area contributed by atoms with Crippen LogP contribution < -0.4 is 0 Å². The maximum Gasteiger partial charge on any atom is 0.159 e. The molecule has 3 rings (SSSR count). The number of alkyl halides is 1. The molecule has 3 unspecified atom stereocenters. The van der Waals surface area contributed by atoms with Crippen LogP contribution in [0.2, 0.25) is 0 Å². The van der Waals surface area contributed by atoms with Crippen molar-refractivity contribution >= 4 is 22.8 Å². The molecular formula is C16H25ClN4. The fourth-order valence-corrected chi connectivity index (χ4v) is 4.12. The van der Waals surface area contributed by atoms with Gasteiger partial charge in [0.15, 0.2) is 5.65 Å². The van der Waals surface area contributed by atoms with Gasteiger partial charge in [-0.3, -0.25) is 0 Å². The molecule has 0 bridgehead atoms. The second-order valence-corrected chi connectivity index (χ2v) is 6.84. The van der Waals surface area contributed by atoms with Gasteiger partial charge in [-0.2, -0.15) is 5.10 Å². The first-order valence-electron chi connectivity index (χ1n) is 8.07. The van der Waals surface area contributed by atoms with Crippen LogP contribution in [0, 0.1) is 18.8 Å². The van der Waals surface area contributed by atoms with E-state index in [1.807, 2.05) is 6.92 Å². The van der Waals surface area contributed by atoms with Gasteiger partial charge >= 0.3 is 0 Å². The van der Waals surface area contributed by atoms with E-state index in [0.29, 0.717) is 17.8 Å². The first-order chi connectivity index (χ1) is 10.1. The van der Waals surface area contributed by atoms with Crippen LogP contribution in [0.5, 0.6) is 0 Å². The van der Waals surface area contributed by atoms with Crippen molar-refractivity contribution in [1.82, 2.24) is 19.3 Å². The average molecular weight is 309 g/mol. The van der Waals surface area contributed by atoms with Crippen LogP contribution in [0.1, 0.15) is 57.6 Å². The number of imidazole rings is 1. The molecule has 0 spiro atoms. The van der Waals surface area contributed by atoms with Crippen LogP contribution in [-0.2, 0) is 12.4 Å². The highest BCUT2D eigenvalue weighted by molar-refractivity contribution is 6.16. The lowest BCUT2D eigenvalue weighted by atomic mass is 9.79. The summed E-state index contributed by atoms with van der Waals surface area (Å²) in [6.07, 6.45) is 3.78. The van der Waals surface area contributed by atoms with Crippen LogP contribution in [0.25, 0.3) is 11.2 Å². The third kappa shape index (κ3) is 2.37. The summed E-state index contributed by atoms with van der Waals surface area (Å²) in [6.45, 7) is 9.77. The predicted octanol–water partition coefficient (Wildman–Crippen LogP) is 4.30. The Kier molecular flexibility index (Phi) is 4.00. The van der Waals surface area contributed by atoms with E-state index in [4.69, 9.17) is 16.6 Å². The molecule has 1 saturated carbocycles. The number of fused-ring (bicyclic) bond motifs is 1.